The molecule has 1 fully saturated rings. The van der Waals surface area contributed by atoms with Crippen molar-refractivity contribution in [2.75, 3.05) is 30.0 Å². The molecule has 0 aliphatic carbocycles. The second-order valence-electron chi connectivity index (χ2n) is 5.53. The van der Waals surface area contributed by atoms with E-state index < -0.39 is 0 Å². The topological polar surface area (TPSA) is 80.2 Å². The SMILES string of the molecule is Cc1cc(Nc2nnc(C)c(C)n2)ccc1N1CCOCC1=O. The highest BCUT2D eigenvalue weighted by molar-refractivity contribution is 5.95. The van der Waals surface area contributed by atoms with Crippen molar-refractivity contribution in [2.45, 2.75) is 20.8 Å². The number of hydrogen-bond acceptors (Lipinski definition) is 6. The molecule has 7 heteroatoms. The van der Waals surface area contributed by atoms with Crippen molar-refractivity contribution >= 4 is 23.2 Å². The number of amides is 1. The molecule has 1 aromatic carbocycles. The van der Waals surface area contributed by atoms with Crippen molar-refractivity contribution in [1.29, 1.82) is 0 Å². The monoisotopic (exact) mass is 313 g/mol. The third-order valence-corrected chi connectivity index (χ3v) is 3.82. The van der Waals surface area contributed by atoms with Crippen LogP contribution in [0.1, 0.15) is 17.0 Å². The Morgan fingerprint density at radius 1 is 1.17 bits per heavy atom. The maximum Gasteiger partial charge on any atom is 0.253 e. The normalized spacial score (nSPS) is 14.9. The number of benzene rings is 1. The van der Waals surface area contributed by atoms with E-state index >= 15 is 0 Å². The van der Waals surface area contributed by atoms with E-state index in [9.17, 15) is 4.79 Å². The van der Waals surface area contributed by atoms with Crippen LogP contribution in [0.25, 0.3) is 0 Å². The Labute approximate surface area is 134 Å². The summed E-state index contributed by atoms with van der Waals surface area (Å²) in [6, 6.07) is 5.80. The minimum atomic E-state index is -0.0123. The summed E-state index contributed by atoms with van der Waals surface area (Å²) in [6.45, 7) is 7.03. The Balaban J connectivity index is 1.81. The number of ether oxygens (including phenoxy) is 1. The summed E-state index contributed by atoms with van der Waals surface area (Å²) in [7, 11) is 0. The van der Waals surface area contributed by atoms with Gasteiger partial charge in [0.25, 0.3) is 5.91 Å². The minimum Gasteiger partial charge on any atom is -0.370 e. The molecule has 23 heavy (non-hydrogen) atoms. The molecular weight excluding hydrogens is 294 g/mol. The van der Waals surface area contributed by atoms with E-state index in [1.807, 2.05) is 39.0 Å². The molecule has 0 bridgehead atoms. The van der Waals surface area contributed by atoms with Crippen LogP contribution >= 0.6 is 0 Å². The molecule has 1 aliphatic heterocycles. The Bertz CT molecular complexity index is 747. The lowest BCUT2D eigenvalue weighted by molar-refractivity contribution is -0.125. The molecule has 1 aromatic heterocycles. The Morgan fingerprint density at radius 2 is 2.00 bits per heavy atom. The molecule has 3 rings (SSSR count). The lowest BCUT2D eigenvalue weighted by Crippen LogP contribution is -2.42. The smallest absolute Gasteiger partial charge is 0.253 e. The molecule has 0 unspecified atom stereocenters. The average molecular weight is 313 g/mol. The molecule has 0 atom stereocenters. The Kier molecular flexibility index (Phi) is 4.20. The third kappa shape index (κ3) is 3.29. The molecular formula is C16H19N5O2. The van der Waals surface area contributed by atoms with Gasteiger partial charge >= 0.3 is 0 Å². The number of anilines is 3. The average Bonchev–Trinajstić information content (AvgIpc) is 2.52. The number of morpholine rings is 1. The summed E-state index contributed by atoms with van der Waals surface area (Å²) in [6.07, 6.45) is 0. The summed E-state index contributed by atoms with van der Waals surface area (Å²) in [4.78, 5) is 18.1. The van der Waals surface area contributed by atoms with E-state index in [-0.39, 0.29) is 12.5 Å². The maximum atomic E-state index is 11.9. The zero-order valence-corrected chi connectivity index (χ0v) is 13.5. The highest BCUT2D eigenvalue weighted by Gasteiger charge is 2.21. The predicted molar refractivity (Wildman–Crippen MR) is 86.9 cm³/mol. The predicted octanol–water partition coefficient (Wildman–Crippen LogP) is 1.90. The fourth-order valence-electron chi connectivity index (χ4n) is 2.45. The summed E-state index contributed by atoms with van der Waals surface area (Å²) in [5.41, 5.74) is 4.42. The molecule has 0 radical (unpaired) electrons. The number of rotatable bonds is 3. The standard InChI is InChI=1S/C16H19N5O2/c1-10-8-13(18-16-17-11(2)12(3)19-20-16)4-5-14(10)21-6-7-23-9-15(21)22/h4-5,8H,6-7,9H2,1-3H3,(H,17,18,20). The quantitative estimate of drug-likeness (QED) is 0.932. The molecule has 1 amide bonds. The lowest BCUT2D eigenvalue weighted by atomic mass is 10.1. The number of carbonyl (C=O) groups is 1. The van der Waals surface area contributed by atoms with Crippen LogP contribution in [0.3, 0.4) is 0 Å². The number of nitrogens with zero attached hydrogens (tertiary/aromatic N) is 4. The van der Waals surface area contributed by atoms with Gasteiger partial charge in [0.05, 0.1) is 18.0 Å². The number of nitrogens with one attached hydrogen (secondary N) is 1. The highest BCUT2D eigenvalue weighted by Crippen LogP contribution is 2.26. The van der Waals surface area contributed by atoms with Gasteiger partial charge in [-0.1, -0.05) is 0 Å². The van der Waals surface area contributed by atoms with Crippen molar-refractivity contribution in [3.8, 4) is 0 Å². The minimum absolute atomic E-state index is 0.0123. The van der Waals surface area contributed by atoms with Crippen molar-refractivity contribution in [2.24, 2.45) is 0 Å². The molecule has 120 valence electrons. The largest absolute Gasteiger partial charge is 0.370 e. The van der Waals surface area contributed by atoms with Crippen molar-refractivity contribution in [3.05, 3.63) is 35.2 Å². The van der Waals surface area contributed by atoms with Crippen LogP contribution in [0.15, 0.2) is 18.2 Å². The van der Waals surface area contributed by atoms with Gasteiger partial charge in [-0.2, -0.15) is 5.10 Å². The van der Waals surface area contributed by atoms with E-state index in [0.29, 0.717) is 19.1 Å². The molecule has 2 aromatic rings. The van der Waals surface area contributed by atoms with Gasteiger partial charge in [-0.3, -0.25) is 4.79 Å². The summed E-state index contributed by atoms with van der Waals surface area (Å²) >= 11 is 0. The Morgan fingerprint density at radius 3 is 2.70 bits per heavy atom. The number of carbonyl (C=O) groups excluding carboxylic acids is 1. The maximum absolute atomic E-state index is 11.9. The number of hydrogen-bond donors (Lipinski definition) is 1. The summed E-state index contributed by atoms with van der Waals surface area (Å²) < 4.78 is 5.17. The summed E-state index contributed by atoms with van der Waals surface area (Å²) in [5, 5.41) is 11.2. The molecule has 2 heterocycles. The van der Waals surface area contributed by atoms with Crippen LogP contribution in [0.5, 0.6) is 0 Å². The van der Waals surface area contributed by atoms with Gasteiger partial charge in [0.15, 0.2) is 0 Å². The molecule has 1 N–H and O–H groups in total. The van der Waals surface area contributed by atoms with Crippen LogP contribution in [0.4, 0.5) is 17.3 Å². The molecule has 0 saturated carbocycles. The second-order valence-corrected chi connectivity index (χ2v) is 5.53. The molecule has 0 spiro atoms. The first-order valence-electron chi connectivity index (χ1n) is 7.48. The van der Waals surface area contributed by atoms with Gasteiger partial charge in [-0.05, 0) is 44.5 Å². The second kappa shape index (κ2) is 6.29. The Hall–Kier alpha value is -2.54. The third-order valence-electron chi connectivity index (χ3n) is 3.82. The first-order chi connectivity index (χ1) is 11.0. The zero-order chi connectivity index (χ0) is 16.4. The number of aryl methyl sites for hydroxylation is 3. The summed E-state index contributed by atoms with van der Waals surface area (Å²) in [5.74, 6) is 0.449. The van der Waals surface area contributed by atoms with E-state index in [0.717, 1.165) is 28.3 Å². The van der Waals surface area contributed by atoms with Crippen LogP contribution in [-0.4, -0.2) is 40.8 Å². The first-order valence-corrected chi connectivity index (χ1v) is 7.48. The first kappa shape index (κ1) is 15.4. The van der Waals surface area contributed by atoms with Crippen LogP contribution in [0, 0.1) is 20.8 Å². The lowest BCUT2D eigenvalue weighted by Gasteiger charge is -2.28. The fraction of sp³-hybridized carbons (Fsp3) is 0.375. The molecule has 1 saturated heterocycles. The van der Waals surface area contributed by atoms with E-state index in [2.05, 4.69) is 20.5 Å². The van der Waals surface area contributed by atoms with Gasteiger partial charge < -0.3 is 15.0 Å². The van der Waals surface area contributed by atoms with Gasteiger partial charge in [0, 0.05) is 17.9 Å². The van der Waals surface area contributed by atoms with E-state index in [1.54, 1.807) is 4.90 Å². The van der Waals surface area contributed by atoms with Crippen molar-refractivity contribution in [1.82, 2.24) is 15.2 Å². The van der Waals surface area contributed by atoms with Gasteiger partial charge in [0.1, 0.15) is 6.61 Å². The fourth-order valence-corrected chi connectivity index (χ4v) is 2.45. The van der Waals surface area contributed by atoms with Gasteiger partial charge in [0.2, 0.25) is 5.95 Å². The molecule has 7 nitrogen and oxygen atoms in total. The van der Waals surface area contributed by atoms with Crippen molar-refractivity contribution in [3.63, 3.8) is 0 Å². The van der Waals surface area contributed by atoms with Gasteiger partial charge in [-0.25, -0.2) is 4.98 Å². The highest BCUT2D eigenvalue weighted by atomic mass is 16.5. The van der Waals surface area contributed by atoms with E-state index in [1.165, 1.54) is 0 Å². The molecule has 1 aliphatic rings. The van der Waals surface area contributed by atoms with E-state index in [4.69, 9.17) is 4.74 Å². The van der Waals surface area contributed by atoms with Gasteiger partial charge in [-0.15, -0.1) is 5.10 Å². The zero-order valence-electron chi connectivity index (χ0n) is 13.5. The van der Waals surface area contributed by atoms with Crippen molar-refractivity contribution < 1.29 is 9.53 Å². The van der Waals surface area contributed by atoms with Crippen LogP contribution in [0.2, 0.25) is 0 Å². The number of aromatic nitrogens is 3. The van der Waals surface area contributed by atoms with Crippen LogP contribution in [-0.2, 0) is 9.53 Å². The van der Waals surface area contributed by atoms with Crippen LogP contribution < -0.4 is 10.2 Å².